The number of nitrogens with one attached hydrogen (secondary N) is 1. The maximum atomic E-state index is 4.51. The molecule has 5 heteroatoms. The van der Waals surface area contributed by atoms with E-state index >= 15 is 0 Å². The standard InChI is InChI=1S/C13H24N4S/c1-3-16(4-2)13-14-10-12(18-13)11-15-17-8-6-5-7-9-17/h10,15H,3-9,11H2,1-2H3. The Morgan fingerprint density at radius 3 is 2.67 bits per heavy atom. The minimum atomic E-state index is 0.916. The van der Waals surface area contributed by atoms with E-state index in [1.54, 1.807) is 11.3 Å². The van der Waals surface area contributed by atoms with Gasteiger partial charge in [-0.25, -0.2) is 15.4 Å². The van der Waals surface area contributed by atoms with Crippen LogP contribution in [-0.4, -0.2) is 36.2 Å². The van der Waals surface area contributed by atoms with Gasteiger partial charge in [-0.2, -0.15) is 0 Å². The third kappa shape index (κ3) is 3.67. The van der Waals surface area contributed by atoms with Crippen LogP contribution in [0, 0.1) is 0 Å². The quantitative estimate of drug-likeness (QED) is 0.859. The molecule has 1 aromatic rings. The van der Waals surface area contributed by atoms with Crippen molar-refractivity contribution >= 4 is 16.5 Å². The zero-order valence-corrected chi connectivity index (χ0v) is 12.3. The van der Waals surface area contributed by atoms with Crippen LogP contribution in [-0.2, 0) is 6.54 Å². The Kier molecular flexibility index (Phi) is 5.41. The van der Waals surface area contributed by atoms with E-state index in [0.717, 1.165) is 24.8 Å². The second-order valence-electron chi connectivity index (χ2n) is 4.66. The fourth-order valence-electron chi connectivity index (χ4n) is 2.26. The summed E-state index contributed by atoms with van der Waals surface area (Å²) in [5.74, 6) is 0. The SMILES string of the molecule is CCN(CC)c1ncc(CNN2CCCCC2)s1. The molecule has 0 aliphatic carbocycles. The van der Waals surface area contributed by atoms with Crippen molar-refractivity contribution in [3.8, 4) is 0 Å². The van der Waals surface area contributed by atoms with Gasteiger partial charge in [-0.15, -0.1) is 11.3 Å². The first kappa shape index (κ1) is 13.8. The molecule has 2 heterocycles. The summed E-state index contributed by atoms with van der Waals surface area (Å²) in [5.41, 5.74) is 3.51. The van der Waals surface area contributed by atoms with Gasteiger partial charge in [-0.3, -0.25) is 0 Å². The van der Waals surface area contributed by atoms with Gasteiger partial charge in [0, 0.05) is 43.8 Å². The van der Waals surface area contributed by atoms with Gasteiger partial charge in [-0.1, -0.05) is 6.42 Å². The number of rotatable bonds is 6. The lowest BCUT2D eigenvalue weighted by Gasteiger charge is -2.26. The van der Waals surface area contributed by atoms with Crippen molar-refractivity contribution in [2.24, 2.45) is 0 Å². The van der Waals surface area contributed by atoms with E-state index in [0.29, 0.717) is 0 Å². The molecule has 0 aromatic carbocycles. The highest BCUT2D eigenvalue weighted by Gasteiger charge is 2.11. The molecule has 1 fully saturated rings. The van der Waals surface area contributed by atoms with Gasteiger partial charge in [0.25, 0.3) is 0 Å². The lowest BCUT2D eigenvalue weighted by atomic mass is 10.2. The van der Waals surface area contributed by atoms with Crippen molar-refractivity contribution in [2.75, 3.05) is 31.1 Å². The zero-order chi connectivity index (χ0) is 12.8. The Labute approximate surface area is 114 Å². The minimum absolute atomic E-state index is 0.916. The minimum Gasteiger partial charge on any atom is -0.349 e. The van der Waals surface area contributed by atoms with Gasteiger partial charge in [0.1, 0.15) is 0 Å². The van der Waals surface area contributed by atoms with E-state index in [4.69, 9.17) is 0 Å². The van der Waals surface area contributed by atoms with Crippen LogP contribution in [0.5, 0.6) is 0 Å². The van der Waals surface area contributed by atoms with Crippen LogP contribution < -0.4 is 10.3 Å². The topological polar surface area (TPSA) is 31.4 Å². The van der Waals surface area contributed by atoms with Gasteiger partial charge < -0.3 is 4.90 Å². The molecule has 18 heavy (non-hydrogen) atoms. The van der Waals surface area contributed by atoms with Gasteiger partial charge in [0.2, 0.25) is 0 Å². The molecule has 0 spiro atoms. The molecule has 0 atom stereocenters. The third-order valence-corrected chi connectivity index (χ3v) is 4.47. The molecule has 4 nitrogen and oxygen atoms in total. The van der Waals surface area contributed by atoms with E-state index in [-0.39, 0.29) is 0 Å². The average Bonchev–Trinajstić information content (AvgIpc) is 2.88. The van der Waals surface area contributed by atoms with Crippen LogP contribution in [0.4, 0.5) is 5.13 Å². The van der Waals surface area contributed by atoms with E-state index in [9.17, 15) is 0 Å². The molecular weight excluding hydrogens is 244 g/mol. The molecule has 1 aromatic heterocycles. The molecule has 1 aliphatic heterocycles. The Morgan fingerprint density at radius 1 is 1.28 bits per heavy atom. The summed E-state index contributed by atoms with van der Waals surface area (Å²) in [6, 6.07) is 0. The summed E-state index contributed by atoms with van der Waals surface area (Å²) in [5, 5.41) is 3.50. The van der Waals surface area contributed by atoms with Gasteiger partial charge in [0.15, 0.2) is 5.13 Å². The van der Waals surface area contributed by atoms with Crippen LogP contribution in [0.3, 0.4) is 0 Å². The summed E-state index contributed by atoms with van der Waals surface area (Å²) in [6.07, 6.45) is 6.03. The molecule has 0 saturated carbocycles. The summed E-state index contributed by atoms with van der Waals surface area (Å²) >= 11 is 1.80. The van der Waals surface area contributed by atoms with E-state index in [1.165, 1.54) is 37.2 Å². The predicted molar refractivity (Wildman–Crippen MR) is 77.9 cm³/mol. The summed E-state index contributed by atoms with van der Waals surface area (Å²) in [4.78, 5) is 8.13. The number of piperidine rings is 1. The van der Waals surface area contributed by atoms with Crippen molar-refractivity contribution in [1.82, 2.24) is 15.4 Å². The Balaban J connectivity index is 1.82. The largest absolute Gasteiger partial charge is 0.349 e. The highest BCUT2D eigenvalue weighted by molar-refractivity contribution is 7.15. The molecule has 0 amide bonds. The smallest absolute Gasteiger partial charge is 0.185 e. The van der Waals surface area contributed by atoms with Gasteiger partial charge >= 0.3 is 0 Å². The second kappa shape index (κ2) is 7.07. The molecule has 0 unspecified atom stereocenters. The van der Waals surface area contributed by atoms with Crippen LogP contribution >= 0.6 is 11.3 Å². The van der Waals surface area contributed by atoms with Crippen LogP contribution in [0.1, 0.15) is 38.0 Å². The number of hydrogen-bond acceptors (Lipinski definition) is 5. The van der Waals surface area contributed by atoms with Crippen molar-refractivity contribution in [3.05, 3.63) is 11.1 Å². The molecule has 1 aliphatic rings. The molecule has 0 radical (unpaired) electrons. The maximum Gasteiger partial charge on any atom is 0.185 e. The van der Waals surface area contributed by atoms with Crippen molar-refractivity contribution in [2.45, 2.75) is 39.7 Å². The Hall–Kier alpha value is -0.650. The number of nitrogens with zero attached hydrogens (tertiary/aromatic N) is 3. The van der Waals surface area contributed by atoms with E-state index in [1.807, 2.05) is 6.20 Å². The van der Waals surface area contributed by atoms with Crippen LogP contribution in [0.15, 0.2) is 6.20 Å². The second-order valence-corrected chi connectivity index (χ2v) is 5.76. The summed E-state index contributed by atoms with van der Waals surface area (Å²) in [6.45, 7) is 9.70. The number of hydrazine groups is 1. The van der Waals surface area contributed by atoms with Crippen molar-refractivity contribution < 1.29 is 0 Å². The maximum absolute atomic E-state index is 4.51. The first-order valence-electron chi connectivity index (χ1n) is 7.01. The van der Waals surface area contributed by atoms with Gasteiger partial charge in [0.05, 0.1) is 0 Å². The summed E-state index contributed by atoms with van der Waals surface area (Å²) in [7, 11) is 0. The van der Waals surface area contributed by atoms with Crippen molar-refractivity contribution in [1.29, 1.82) is 0 Å². The number of thiazole rings is 1. The molecule has 0 bridgehead atoms. The highest BCUT2D eigenvalue weighted by atomic mass is 32.1. The first-order chi connectivity index (χ1) is 8.83. The predicted octanol–water partition coefficient (Wildman–Crippen LogP) is 2.48. The normalized spacial score (nSPS) is 17.0. The number of anilines is 1. The van der Waals surface area contributed by atoms with Gasteiger partial charge in [-0.05, 0) is 26.7 Å². The Morgan fingerprint density at radius 2 is 2.00 bits per heavy atom. The van der Waals surface area contributed by atoms with E-state index in [2.05, 4.69) is 34.2 Å². The van der Waals surface area contributed by atoms with Crippen LogP contribution in [0.25, 0.3) is 0 Å². The highest BCUT2D eigenvalue weighted by Crippen LogP contribution is 2.22. The molecule has 1 saturated heterocycles. The molecular formula is C13H24N4S. The van der Waals surface area contributed by atoms with E-state index < -0.39 is 0 Å². The molecule has 102 valence electrons. The average molecular weight is 268 g/mol. The van der Waals surface area contributed by atoms with Crippen molar-refractivity contribution in [3.63, 3.8) is 0 Å². The first-order valence-corrected chi connectivity index (χ1v) is 7.83. The molecule has 1 N–H and O–H groups in total. The number of aromatic nitrogens is 1. The Bertz CT molecular complexity index is 343. The molecule has 2 rings (SSSR count). The lowest BCUT2D eigenvalue weighted by Crippen LogP contribution is -2.40. The monoisotopic (exact) mass is 268 g/mol. The lowest BCUT2D eigenvalue weighted by molar-refractivity contribution is 0.152. The fraction of sp³-hybridized carbons (Fsp3) is 0.769. The number of hydrogen-bond donors (Lipinski definition) is 1. The summed E-state index contributed by atoms with van der Waals surface area (Å²) < 4.78 is 0. The fourth-order valence-corrected chi connectivity index (χ4v) is 3.23. The third-order valence-electron chi connectivity index (χ3n) is 3.41. The van der Waals surface area contributed by atoms with Crippen LogP contribution in [0.2, 0.25) is 0 Å². The zero-order valence-electron chi connectivity index (χ0n) is 11.5.